The second-order valence-corrected chi connectivity index (χ2v) is 11.6. The van der Waals surface area contributed by atoms with Crippen molar-refractivity contribution in [2.75, 3.05) is 39.7 Å². The van der Waals surface area contributed by atoms with E-state index in [4.69, 9.17) is 14.2 Å². The zero-order chi connectivity index (χ0) is 29.0. The highest BCUT2D eigenvalue weighted by Crippen LogP contribution is 2.38. The molecule has 0 bridgehead atoms. The number of aromatic nitrogens is 2. The van der Waals surface area contributed by atoms with Gasteiger partial charge in [-0.3, -0.25) is 4.79 Å². The first-order valence-corrected chi connectivity index (χ1v) is 14.6. The van der Waals surface area contributed by atoms with Gasteiger partial charge in [0.05, 0.1) is 37.3 Å². The van der Waals surface area contributed by atoms with Crippen LogP contribution in [0.4, 0.5) is 5.69 Å². The molecule has 2 heterocycles. The summed E-state index contributed by atoms with van der Waals surface area (Å²) >= 11 is 0. The molecule has 4 aromatic rings. The number of carbonyl (C=O) groups excluding carboxylic acids is 1. The van der Waals surface area contributed by atoms with Gasteiger partial charge < -0.3 is 24.5 Å². The Labute approximate surface area is 239 Å². The van der Waals surface area contributed by atoms with Crippen molar-refractivity contribution in [3.8, 4) is 17.2 Å². The molecule has 3 aromatic carbocycles. The van der Waals surface area contributed by atoms with E-state index in [0.29, 0.717) is 54.4 Å². The van der Waals surface area contributed by atoms with Crippen LogP contribution in [0.2, 0.25) is 0 Å². The number of anilines is 1. The van der Waals surface area contributed by atoms with E-state index in [9.17, 15) is 13.2 Å². The number of benzene rings is 3. The highest BCUT2D eigenvalue weighted by atomic mass is 32.2. The second kappa shape index (κ2) is 12.0. The van der Waals surface area contributed by atoms with Crippen molar-refractivity contribution in [2.24, 2.45) is 0 Å². The summed E-state index contributed by atoms with van der Waals surface area (Å²) in [7, 11) is 0.898. The Balaban J connectivity index is 1.19. The molecule has 1 amide bonds. The number of nitrogens with one attached hydrogen (secondary N) is 2. The molecule has 10 nitrogen and oxygen atoms in total. The van der Waals surface area contributed by atoms with Crippen molar-refractivity contribution in [1.82, 2.24) is 14.3 Å². The van der Waals surface area contributed by atoms with Crippen molar-refractivity contribution < 1.29 is 27.4 Å². The number of sulfonamides is 1. The number of nitrogens with zero attached hydrogens (tertiary/aromatic N) is 2. The van der Waals surface area contributed by atoms with Crippen LogP contribution >= 0.6 is 0 Å². The fraction of sp³-hybridized carbons (Fsp3) is 0.267. The molecule has 214 valence electrons. The van der Waals surface area contributed by atoms with Gasteiger partial charge in [-0.1, -0.05) is 12.1 Å². The SMILES string of the molecule is COc1cc(/C=C/C(=O)Nc2ccc(S(=O)(=O)N3CCC(c4nc5ccccc5[nH]4)CC3)cc2)cc(OC)c1OC. The fourth-order valence-electron chi connectivity index (χ4n) is 4.95. The standard InChI is InChI=1S/C30H32N4O6S/c1-38-26-18-20(19-27(39-2)29(26)40-3)8-13-28(35)31-22-9-11-23(12-10-22)41(36,37)34-16-14-21(15-17-34)30-32-24-6-4-5-7-25(24)33-30/h4-13,18-19,21H,14-17H2,1-3H3,(H,31,35)(H,32,33)/b13-8+. The first kappa shape index (κ1) is 28.2. The number of methoxy groups -OCH3 is 3. The highest BCUT2D eigenvalue weighted by molar-refractivity contribution is 7.89. The summed E-state index contributed by atoms with van der Waals surface area (Å²) in [6.45, 7) is 0.822. The van der Waals surface area contributed by atoms with Crippen LogP contribution in [0.25, 0.3) is 17.1 Å². The number of hydrogen-bond donors (Lipinski definition) is 2. The molecular weight excluding hydrogens is 544 g/mol. The van der Waals surface area contributed by atoms with Crippen LogP contribution in [-0.2, 0) is 14.8 Å². The van der Waals surface area contributed by atoms with Gasteiger partial charge in [-0.15, -0.1) is 0 Å². The minimum Gasteiger partial charge on any atom is -0.493 e. The van der Waals surface area contributed by atoms with E-state index < -0.39 is 10.0 Å². The van der Waals surface area contributed by atoms with E-state index in [1.54, 1.807) is 30.3 Å². The molecule has 0 atom stereocenters. The van der Waals surface area contributed by atoms with Gasteiger partial charge in [0, 0.05) is 30.8 Å². The van der Waals surface area contributed by atoms with Gasteiger partial charge in [-0.2, -0.15) is 4.31 Å². The molecule has 1 saturated heterocycles. The number of piperidine rings is 1. The van der Waals surface area contributed by atoms with Crippen molar-refractivity contribution in [3.63, 3.8) is 0 Å². The van der Waals surface area contributed by atoms with Crippen molar-refractivity contribution in [3.05, 3.63) is 78.1 Å². The number of ether oxygens (including phenoxy) is 3. The predicted octanol–water partition coefficient (Wildman–Crippen LogP) is 4.81. The van der Waals surface area contributed by atoms with Crippen LogP contribution < -0.4 is 19.5 Å². The third kappa shape index (κ3) is 6.06. The molecule has 1 aliphatic heterocycles. The van der Waals surface area contributed by atoms with Gasteiger partial charge in [0.15, 0.2) is 11.5 Å². The molecule has 41 heavy (non-hydrogen) atoms. The molecule has 0 unspecified atom stereocenters. The Kier molecular flexibility index (Phi) is 8.27. The minimum absolute atomic E-state index is 0.180. The first-order chi connectivity index (χ1) is 19.8. The summed E-state index contributed by atoms with van der Waals surface area (Å²) < 4.78 is 44.1. The Morgan fingerprint density at radius 1 is 0.976 bits per heavy atom. The Hall–Kier alpha value is -4.35. The molecule has 0 aliphatic carbocycles. The zero-order valence-corrected chi connectivity index (χ0v) is 23.9. The maximum absolute atomic E-state index is 13.3. The number of hydrogen-bond acceptors (Lipinski definition) is 7. The van der Waals surface area contributed by atoms with E-state index in [0.717, 1.165) is 16.9 Å². The van der Waals surface area contributed by atoms with Crippen LogP contribution in [0.15, 0.2) is 71.6 Å². The van der Waals surface area contributed by atoms with Gasteiger partial charge in [-0.05, 0) is 73.0 Å². The quantitative estimate of drug-likeness (QED) is 0.274. The van der Waals surface area contributed by atoms with Gasteiger partial charge in [-0.25, -0.2) is 13.4 Å². The van der Waals surface area contributed by atoms with Crippen molar-refractivity contribution >= 4 is 38.7 Å². The molecule has 0 saturated carbocycles. The lowest BCUT2D eigenvalue weighted by Gasteiger charge is -2.30. The molecule has 0 spiro atoms. The number of imidazole rings is 1. The summed E-state index contributed by atoms with van der Waals surface area (Å²) in [5, 5.41) is 2.75. The molecule has 2 N–H and O–H groups in total. The monoisotopic (exact) mass is 576 g/mol. The number of amides is 1. The first-order valence-electron chi connectivity index (χ1n) is 13.2. The zero-order valence-electron chi connectivity index (χ0n) is 23.1. The minimum atomic E-state index is -3.66. The normalized spacial score (nSPS) is 14.8. The van der Waals surface area contributed by atoms with Gasteiger partial charge in [0.25, 0.3) is 0 Å². The van der Waals surface area contributed by atoms with Gasteiger partial charge >= 0.3 is 0 Å². The van der Waals surface area contributed by atoms with Crippen LogP contribution in [0.1, 0.15) is 30.1 Å². The highest BCUT2D eigenvalue weighted by Gasteiger charge is 2.31. The third-order valence-electron chi connectivity index (χ3n) is 7.12. The maximum atomic E-state index is 13.3. The average Bonchev–Trinajstić information content (AvgIpc) is 3.44. The number of H-pyrrole nitrogens is 1. The van der Waals surface area contributed by atoms with Gasteiger partial charge in [0.1, 0.15) is 5.82 Å². The van der Waals surface area contributed by atoms with Crippen LogP contribution in [0, 0.1) is 0 Å². The Morgan fingerprint density at radius 3 is 2.24 bits per heavy atom. The van der Waals surface area contributed by atoms with Crippen molar-refractivity contribution in [1.29, 1.82) is 0 Å². The van der Waals surface area contributed by atoms with Crippen LogP contribution in [0.5, 0.6) is 17.2 Å². The molecule has 11 heteroatoms. The number of carbonyl (C=O) groups is 1. The topological polar surface area (TPSA) is 123 Å². The second-order valence-electron chi connectivity index (χ2n) is 9.62. The summed E-state index contributed by atoms with van der Waals surface area (Å²) in [4.78, 5) is 20.8. The number of para-hydroxylation sites is 2. The smallest absolute Gasteiger partial charge is 0.248 e. The lowest BCUT2D eigenvalue weighted by Crippen LogP contribution is -2.38. The number of aromatic amines is 1. The van der Waals surface area contributed by atoms with Gasteiger partial charge in [0.2, 0.25) is 21.7 Å². The molecular formula is C30H32N4O6S. The lowest BCUT2D eigenvalue weighted by molar-refractivity contribution is -0.111. The lowest BCUT2D eigenvalue weighted by atomic mass is 9.97. The van der Waals surface area contributed by atoms with Crippen LogP contribution in [0.3, 0.4) is 0 Å². The summed E-state index contributed by atoms with van der Waals surface area (Å²) in [6, 6.07) is 17.5. The molecule has 1 aromatic heterocycles. The van der Waals surface area contributed by atoms with E-state index in [2.05, 4.69) is 15.3 Å². The maximum Gasteiger partial charge on any atom is 0.248 e. The molecule has 0 radical (unpaired) electrons. The largest absolute Gasteiger partial charge is 0.493 e. The van der Waals surface area contributed by atoms with E-state index in [1.165, 1.54) is 43.8 Å². The Morgan fingerprint density at radius 2 is 1.63 bits per heavy atom. The Bertz CT molecular complexity index is 1610. The third-order valence-corrected chi connectivity index (χ3v) is 9.04. The molecule has 1 aliphatic rings. The molecule has 5 rings (SSSR count). The van der Waals surface area contributed by atoms with Crippen LogP contribution in [-0.4, -0.2) is 63.0 Å². The number of fused-ring (bicyclic) bond motifs is 1. The summed E-state index contributed by atoms with van der Waals surface area (Å²) in [5.41, 5.74) is 3.06. The van der Waals surface area contributed by atoms with Crippen molar-refractivity contribution in [2.45, 2.75) is 23.7 Å². The summed E-state index contributed by atoms with van der Waals surface area (Å²) in [6.07, 6.45) is 4.36. The molecule has 1 fully saturated rings. The average molecular weight is 577 g/mol. The fourth-order valence-corrected chi connectivity index (χ4v) is 6.42. The van der Waals surface area contributed by atoms with E-state index in [-0.39, 0.29) is 16.7 Å². The predicted molar refractivity (Wildman–Crippen MR) is 157 cm³/mol. The van der Waals surface area contributed by atoms with E-state index in [1.807, 2.05) is 24.3 Å². The van der Waals surface area contributed by atoms with E-state index >= 15 is 0 Å². The number of rotatable bonds is 9. The summed E-state index contributed by atoms with van der Waals surface area (Å²) in [5.74, 6) is 2.12.